The average Bonchev–Trinajstić information content (AvgIpc) is 2.97. The summed E-state index contributed by atoms with van der Waals surface area (Å²) in [7, 11) is -3.10. The number of nitrogens with zero attached hydrogens (tertiary/aromatic N) is 2. The van der Waals surface area contributed by atoms with Crippen LogP contribution in [0.4, 0.5) is 0 Å². The Morgan fingerprint density at radius 1 is 1.03 bits per heavy atom. The summed E-state index contributed by atoms with van der Waals surface area (Å²) in [5.74, 6) is 1.05. The predicted octanol–water partition coefficient (Wildman–Crippen LogP) is 2.81. The molecule has 1 fully saturated rings. The van der Waals surface area contributed by atoms with E-state index in [1.54, 1.807) is 0 Å². The number of hydrogen-bond acceptors (Lipinski definition) is 4. The molecule has 7 heteroatoms. The van der Waals surface area contributed by atoms with Crippen molar-refractivity contribution in [3.63, 3.8) is 0 Å². The smallest absolute Gasteiger partial charge is 0.191 e. The summed E-state index contributed by atoms with van der Waals surface area (Å²) in [6.45, 7) is 7.81. The Bertz CT molecular complexity index is 684. The first-order valence-corrected chi connectivity index (χ1v) is 12.9. The van der Waals surface area contributed by atoms with Gasteiger partial charge in [-0.3, -0.25) is 4.99 Å². The summed E-state index contributed by atoms with van der Waals surface area (Å²) < 4.78 is 24.5. The van der Waals surface area contributed by atoms with Gasteiger partial charge >= 0.3 is 0 Å². The van der Waals surface area contributed by atoms with Gasteiger partial charge in [0.2, 0.25) is 0 Å². The molecule has 0 atom stereocenters. The minimum Gasteiger partial charge on any atom is -0.357 e. The maximum Gasteiger partial charge on any atom is 0.191 e. The van der Waals surface area contributed by atoms with E-state index in [1.165, 1.54) is 38.8 Å². The molecule has 2 rings (SSSR count). The molecule has 0 unspecified atom stereocenters. The summed E-state index contributed by atoms with van der Waals surface area (Å²) >= 11 is 0. The van der Waals surface area contributed by atoms with Crippen molar-refractivity contribution in [3.8, 4) is 0 Å². The Morgan fingerprint density at radius 2 is 1.76 bits per heavy atom. The molecule has 0 saturated carbocycles. The lowest BCUT2D eigenvalue weighted by Gasteiger charge is -2.20. The molecule has 6 nitrogen and oxygen atoms in total. The highest BCUT2D eigenvalue weighted by Crippen LogP contribution is 2.09. The van der Waals surface area contributed by atoms with Crippen LogP contribution in [0.2, 0.25) is 0 Å². The van der Waals surface area contributed by atoms with Crippen LogP contribution in [-0.2, 0) is 15.6 Å². The van der Waals surface area contributed by atoms with Gasteiger partial charge in [0.05, 0.1) is 11.5 Å². The monoisotopic (exact) mass is 422 g/mol. The van der Waals surface area contributed by atoms with E-state index in [0.717, 1.165) is 37.6 Å². The van der Waals surface area contributed by atoms with Crippen LogP contribution in [0, 0.1) is 0 Å². The zero-order valence-electron chi connectivity index (χ0n) is 17.9. The zero-order chi connectivity index (χ0) is 20.8. The lowest BCUT2D eigenvalue weighted by molar-refractivity contribution is 0.282. The van der Waals surface area contributed by atoms with Crippen LogP contribution in [0.1, 0.15) is 51.0 Å². The van der Waals surface area contributed by atoms with Crippen molar-refractivity contribution in [1.82, 2.24) is 15.5 Å². The highest BCUT2D eigenvalue weighted by atomic mass is 32.2. The van der Waals surface area contributed by atoms with Gasteiger partial charge in [-0.25, -0.2) is 8.42 Å². The molecule has 2 N–H and O–H groups in total. The Morgan fingerprint density at radius 3 is 2.45 bits per heavy atom. The molecule has 0 radical (unpaired) electrons. The minimum atomic E-state index is -3.10. The average molecular weight is 423 g/mol. The SMILES string of the molecule is CCNC(=NCCCS(=O)(=O)Cc1ccccc1)NCCCN1CCCCCC1. The van der Waals surface area contributed by atoms with Gasteiger partial charge in [-0.2, -0.15) is 0 Å². The van der Waals surface area contributed by atoms with Crippen LogP contribution in [0.15, 0.2) is 35.3 Å². The number of aliphatic imine (C=N–C) groups is 1. The molecule has 0 spiro atoms. The third-order valence-electron chi connectivity index (χ3n) is 5.10. The molecule has 29 heavy (non-hydrogen) atoms. The van der Waals surface area contributed by atoms with Crippen molar-refractivity contribution in [2.24, 2.45) is 4.99 Å². The van der Waals surface area contributed by atoms with Gasteiger partial charge in [-0.1, -0.05) is 43.2 Å². The maximum absolute atomic E-state index is 12.3. The van der Waals surface area contributed by atoms with E-state index in [-0.39, 0.29) is 11.5 Å². The fraction of sp³-hybridized carbons (Fsp3) is 0.682. The number of nitrogens with one attached hydrogen (secondary N) is 2. The number of sulfone groups is 1. The highest BCUT2D eigenvalue weighted by molar-refractivity contribution is 7.90. The van der Waals surface area contributed by atoms with Crippen molar-refractivity contribution in [2.75, 3.05) is 45.0 Å². The van der Waals surface area contributed by atoms with Gasteiger partial charge in [-0.15, -0.1) is 0 Å². The summed E-state index contributed by atoms with van der Waals surface area (Å²) in [6, 6.07) is 9.35. The third-order valence-corrected chi connectivity index (χ3v) is 6.78. The van der Waals surface area contributed by atoms with Crippen LogP contribution >= 0.6 is 0 Å². The predicted molar refractivity (Wildman–Crippen MR) is 122 cm³/mol. The van der Waals surface area contributed by atoms with Gasteiger partial charge in [0.25, 0.3) is 0 Å². The number of rotatable bonds is 11. The van der Waals surface area contributed by atoms with Gasteiger partial charge < -0.3 is 15.5 Å². The lowest BCUT2D eigenvalue weighted by atomic mass is 10.2. The fourth-order valence-electron chi connectivity index (χ4n) is 3.59. The lowest BCUT2D eigenvalue weighted by Crippen LogP contribution is -2.39. The second kappa shape index (κ2) is 13.6. The van der Waals surface area contributed by atoms with Crippen molar-refractivity contribution in [1.29, 1.82) is 0 Å². The molecule has 1 saturated heterocycles. The van der Waals surface area contributed by atoms with Crippen LogP contribution in [-0.4, -0.2) is 64.3 Å². The molecule has 1 aliphatic heterocycles. The number of guanidine groups is 1. The van der Waals surface area contributed by atoms with Crippen LogP contribution in [0.25, 0.3) is 0 Å². The van der Waals surface area contributed by atoms with Crippen molar-refractivity contribution < 1.29 is 8.42 Å². The van der Waals surface area contributed by atoms with Crippen molar-refractivity contribution >= 4 is 15.8 Å². The van der Waals surface area contributed by atoms with E-state index in [4.69, 9.17) is 0 Å². The van der Waals surface area contributed by atoms with E-state index in [0.29, 0.717) is 13.0 Å². The molecule has 0 bridgehead atoms. The van der Waals surface area contributed by atoms with Crippen molar-refractivity contribution in [2.45, 2.75) is 51.2 Å². The van der Waals surface area contributed by atoms with Crippen molar-refractivity contribution in [3.05, 3.63) is 35.9 Å². The summed E-state index contributed by atoms with van der Waals surface area (Å²) in [6.07, 6.45) is 7.02. The second-order valence-corrected chi connectivity index (χ2v) is 9.91. The topological polar surface area (TPSA) is 73.8 Å². The molecule has 0 amide bonds. The Balaban J connectivity index is 1.66. The normalized spacial score (nSPS) is 16.4. The first-order chi connectivity index (χ1) is 14.1. The number of likely N-dealkylation sites (tertiary alicyclic amines) is 1. The van der Waals surface area contributed by atoms with Gasteiger partial charge in [0.1, 0.15) is 0 Å². The first kappa shape index (κ1) is 23.7. The van der Waals surface area contributed by atoms with Crippen LogP contribution in [0.5, 0.6) is 0 Å². The Labute approximate surface area is 177 Å². The fourth-order valence-corrected chi connectivity index (χ4v) is 5.00. The molecule has 164 valence electrons. The molecule has 1 heterocycles. The Kier molecular flexibility index (Phi) is 11.1. The van der Waals surface area contributed by atoms with Crippen LogP contribution in [0.3, 0.4) is 0 Å². The van der Waals surface area contributed by atoms with Gasteiger partial charge in [0, 0.05) is 19.6 Å². The quantitative estimate of drug-likeness (QED) is 0.326. The zero-order valence-corrected chi connectivity index (χ0v) is 18.7. The Hall–Kier alpha value is -1.60. The molecular formula is C22H38N4O2S. The summed E-state index contributed by atoms with van der Waals surface area (Å²) in [5, 5.41) is 6.62. The van der Waals surface area contributed by atoms with Gasteiger partial charge in [0.15, 0.2) is 15.8 Å². The summed E-state index contributed by atoms with van der Waals surface area (Å²) in [5.41, 5.74) is 0.843. The summed E-state index contributed by atoms with van der Waals surface area (Å²) in [4.78, 5) is 7.11. The van der Waals surface area contributed by atoms with Crippen LogP contribution < -0.4 is 10.6 Å². The largest absolute Gasteiger partial charge is 0.357 e. The molecule has 0 aliphatic carbocycles. The van der Waals surface area contributed by atoms with E-state index < -0.39 is 9.84 Å². The maximum atomic E-state index is 12.3. The molecule has 1 aromatic carbocycles. The van der Waals surface area contributed by atoms with E-state index in [2.05, 4.69) is 20.5 Å². The minimum absolute atomic E-state index is 0.104. The molecule has 1 aliphatic rings. The van der Waals surface area contributed by atoms with Gasteiger partial charge in [-0.05, 0) is 57.8 Å². The third kappa shape index (κ3) is 10.7. The number of hydrogen-bond donors (Lipinski definition) is 2. The van der Waals surface area contributed by atoms with E-state index in [1.807, 2.05) is 37.3 Å². The first-order valence-electron chi connectivity index (χ1n) is 11.1. The molecule has 0 aromatic heterocycles. The van der Waals surface area contributed by atoms with E-state index >= 15 is 0 Å². The number of benzene rings is 1. The molecule has 1 aromatic rings. The standard InChI is InChI=1S/C22H38N4O2S/c1-2-23-22(24-14-10-18-26-16-8-3-4-9-17-26)25-15-11-19-29(27,28)20-21-12-6-5-7-13-21/h5-7,12-13H,2-4,8-11,14-20H2,1H3,(H2,23,24,25). The second-order valence-electron chi connectivity index (χ2n) is 7.73. The molecular weight excluding hydrogens is 384 g/mol. The van der Waals surface area contributed by atoms with E-state index in [9.17, 15) is 8.42 Å². The highest BCUT2D eigenvalue weighted by Gasteiger charge is 2.11.